The standard InChI is InChI=1S/C16H21F3O/c1-11-2-4-12(5-3-11)10-15(20)13-6-8-14(9-7-13)16(17,18)19/h2-5,13-15,20H,6-10H2,1H3. The van der Waals surface area contributed by atoms with Crippen molar-refractivity contribution in [1.82, 2.24) is 0 Å². The third-order valence-electron chi connectivity index (χ3n) is 4.34. The lowest BCUT2D eigenvalue weighted by molar-refractivity contribution is -0.185. The van der Waals surface area contributed by atoms with Crippen LogP contribution in [0.25, 0.3) is 0 Å². The van der Waals surface area contributed by atoms with Crippen molar-refractivity contribution in [3.8, 4) is 0 Å². The first-order chi connectivity index (χ1) is 9.36. The molecule has 1 atom stereocenters. The molecule has 0 saturated heterocycles. The van der Waals surface area contributed by atoms with Crippen LogP contribution in [0.1, 0.15) is 36.8 Å². The maximum Gasteiger partial charge on any atom is 0.391 e. The smallest absolute Gasteiger partial charge is 0.391 e. The Kier molecular flexibility index (Phi) is 4.74. The molecule has 0 bridgehead atoms. The van der Waals surface area contributed by atoms with E-state index in [1.165, 1.54) is 0 Å². The molecule has 0 amide bonds. The van der Waals surface area contributed by atoms with Gasteiger partial charge in [-0.15, -0.1) is 0 Å². The molecule has 1 aliphatic carbocycles. The molecule has 4 heteroatoms. The van der Waals surface area contributed by atoms with Gasteiger partial charge in [-0.1, -0.05) is 29.8 Å². The fourth-order valence-electron chi connectivity index (χ4n) is 2.96. The Balaban J connectivity index is 1.85. The number of aliphatic hydroxyl groups excluding tert-OH is 1. The van der Waals surface area contributed by atoms with Crippen molar-refractivity contribution in [3.63, 3.8) is 0 Å². The van der Waals surface area contributed by atoms with Crippen molar-refractivity contribution in [2.45, 2.75) is 51.3 Å². The fraction of sp³-hybridized carbons (Fsp3) is 0.625. The molecule has 112 valence electrons. The molecule has 0 spiro atoms. The molecule has 1 aromatic rings. The van der Waals surface area contributed by atoms with Crippen LogP contribution in [-0.2, 0) is 6.42 Å². The van der Waals surface area contributed by atoms with Gasteiger partial charge in [-0.2, -0.15) is 13.2 Å². The zero-order valence-corrected chi connectivity index (χ0v) is 11.7. The largest absolute Gasteiger partial charge is 0.392 e. The lowest BCUT2D eigenvalue weighted by Crippen LogP contribution is -2.32. The predicted molar refractivity (Wildman–Crippen MR) is 72.4 cm³/mol. The number of rotatable bonds is 3. The quantitative estimate of drug-likeness (QED) is 0.880. The third-order valence-corrected chi connectivity index (χ3v) is 4.34. The van der Waals surface area contributed by atoms with Crippen LogP contribution in [0.4, 0.5) is 13.2 Å². The second kappa shape index (κ2) is 6.17. The minimum Gasteiger partial charge on any atom is -0.392 e. The van der Waals surface area contributed by atoms with E-state index in [2.05, 4.69) is 0 Å². The minimum atomic E-state index is -4.08. The van der Waals surface area contributed by atoms with Gasteiger partial charge in [0.05, 0.1) is 12.0 Å². The molecule has 0 aliphatic heterocycles. The Hall–Kier alpha value is -1.03. The molecule has 20 heavy (non-hydrogen) atoms. The Morgan fingerprint density at radius 2 is 1.65 bits per heavy atom. The van der Waals surface area contributed by atoms with Gasteiger partial charge in [-0.05, 0) is 50.5 Å². The Bertz CT molecular complexity index is 416. The Labute approximate surface area is 117 Å². The number of hydrogen-bond donors (Lipinski definition) is 1. The summed E-state index contributed by atoms with van der Waals surface area (Å²) >= 11 is 0. The van der Waals surface area contributed by atoms with Gasteiger partial charge in [0.2, 0.25) is 0 Å². The van der Waals surface area contributed by atoms with Crippen LogP contribution in [0.15, 0.2) is 24.3 Å². The molecule has 0 heterocycles. The van der Waals surface area contributed by atoms with Crippen molar-refractivity contribution in [3.05, 3.63) is 35.4 Å². The maximum absolute atomic E-state index is 12.6. The van der Waals surface area contributed by atoms with E-state index < -0.39 is 18.2 Å². The molecule has 0 aromatic heterocycles. The van der Waals surface area contributed by atoms with Crippen LogP contribution in [0.2, 0.25) is 0 Å². The summed E-state index contributed by atoms with van der Waals surface area (Å²) in [6.45, 7) is 2.00. The van der Waals surface area contributed by atoms with Gasteiger partial charge in [0.25, 0.3) is 0 Å². The fourth-order valence-corrected chi connectivity index (χ4v) is 2.96. The van der Waals surface area contributed by atoms with E-state index in [4.69, 9.17) is 0 Å². The first-order valence-corrected chi connectivity index (χ1v) is 7.16. The van der Waals surface area contributed by atoms with Gasteiger partial charge in [0, 0.05) is 0 Å². The molecular weight excluding hydrogens is 265 g/mol. The monoisotopic (exact) mass is 286 g/mol. The van der Waals surface area contributed by atoms with Crippen LogP contribution in [0.3, 0.4) is 0 Å². The van der Waals surface area contributed by atoms with E-state index in [0.29, 0.717) is 19.3 Å². The zero-order chi connectivity index (χ0) is 14.8. The van der Waals surface area contributed by atoms with Gasteiger partial charge in [0.1, 0.15) is 0 Å². The number of alkyl halides is 3. The SMILES string of the molecule is Cc1ccc(CC(O)C2CCC(C(F)(F)F)CC2)cc1. The summed E-state index contributed by atoms with van der Waals surface area (Å²) in [5.74, 6) is -1.18. The number of benzene rings is 1. The summed E-state index contributed by atoms with van der Waals surface area (Å²) < 4.78 is 37.8. The first-order valence-electron chi connectivity index (χ1n) is 7.16. The first kappa shape index (κ1) is 15.4. The van der Waals surface area contributed by atoms with Crippen LogP contribution in [-0.4, -0.2) is 17.4 Å². The summed E-state index contributed by atoms with van der Waals surface area (Å²) in [4.78, 5) is 0. The van der Waals surface area contributed by atoms with Crippen molar-refractivity contribution < 1.29 is 18.3 Å². The summed E-state index contributed by atoms with van der Waals surface area (Å²) in [5, 5.41) is 10.2. The van der Waals surface area contributed by atoms with E-state index >= 15 is 0 Å². The Morgan fingerprint density at radius 1 is 1.10 bits per heavy atom. The molecule has 1 nitrogen and oxygen atoms in total. The van der Waals surface area contributed by atoms with Crippen LogP contribution < -0.4 is 0 Å². The summed E-state index contributed by atoms with van der Waals surface area (Å²) in [7, 11) is 0. The third kappa shape index (κ3) is 3.98. The summed E-state index contributed by atoms with van der Waals surface area (Å²) in [5.41, 5.74) is 2.20. The van der Waals surface area contributed by atoms with Gasteiger partial charge >= 0.3 is 6.18 Å². The number of halogens is 3. The summed E-state index contributed by atoms with van der Waals surface area (Å²) in [6.07, 6.45) is -2.84. The van der Waals surface area contributed by atoms with Crippen molar-refractivity contribution in [2.24, 2.45) is 11.8 Å². The number of hydrogen-bond acceptors (Lipinski definition) is 1. The average Bonchev–Trinajstić information content (AvgIpc) is 2.40. The van der Waals surface area contributed by atoms with Gasteiger partial charge in [-0.25, -0.2) is 0 Å². The highest BCUT2D eigenvalue weighted by Crippen LogP contribution is 2.40. The van der Waals surface area contributed by atoms with Crippen LogP contribution in [0.5, 0.6) is 0 Å². The molecule has 1 aromatic carbocycles. The molecule has 0 radical (unpaired) electrons. The van der Waals surface area contributed by atoms with Crippen molar-refractivity contribution >= 4 is 0 Å². The van der Waals surface area contributed by atoms with Crippen LogP contribution >= 0.6 is 0 Å². The second-order valence-electron chi connectivity index (χ2n) is 5.91. The van der Waals surface area contributed by atoms with Crippen LogP contribution in [0, 0.1) is 18.8 Å². The lowest BCUT2D eigenvalue weighted by Gasteiger charge is -2.32. The molecule has 1 aliphatic rings. The molecule has 1 saturated carbocycles. The van der Waals surface area contributed by atoms with E-state index in [1.807, 2.05) is 31.2 Å². The Morgan fingerprint density at radius 3 is 2.15 bits per heavy atom. The minimum absolute atomic E-state index is 0.00472. The molecule has 1 fully saturated rings. The maximum atomic E-state index is 12.6. The van der Waals surface area contributed by atoms with E-state index in [-0.39, 0.29) is 18.8 Å². The second-order valence-corrected chi connectivity index (χ2v) is 5.91. The van der Waals surface area contributed by atoms with Crippen molar-refractivity contribution in [2.75, 3.05) is 0 Å². The number of aryl methyl sites for hydroxylation is 1. The highest BCUT2D eigenvalue weighted by Gasteiger charge is 2.42. The predicted octanol–water partition coefficient (Wildman–Crippen LogP) is 4.27. The average molecular weight is 286 g/mol. The topological polar surface area (TPSA) is 20.2 Å². The van der Waals surface area contributed by atoms with Gasteiger partial charge < -0.3 is 5.11 Å². The lowest BCUT2D eigenvalue weighted by atomic mass is 9.78. The van der Waals surface area contributed by atoms with E-state index in [9.17, 15) is 18.3 Å². The molecular formula is C16H21F3O. The molecule has 1 N–H and O–H groups in total. The van der Waals surface area contributed by atoms with Crippen molar-refractivity contribution in [1.29, 1.82) is 0 Å². The normalized spacial score (nSPS) is 25.4. The molecule has 2 rings (SSSR count). The van der Waals surface area contributed by atoms with E-state index in [1.54, 1.807) is 0 Å². The highest BCUT2D eigenvalue weighted by molar-refractivity contribution is 5.21. The van der Waals surface area contributed by atoms with Gasteiger partial charge in [0.15, 0.2) is 0 Å². The molecule has 1 unspecified atom stereocenters. The number of aliphatic hydroxyl groups is 1. The van der Waals surface area contributed by atoms with E-state index in [0.717, 1.165) is 11.1 Å². The van der Waals surface area contributed by atoms with Gasteiger partial charge in [-0.3, -0.25) is 0 Å². The highest BCUT2D eigenvalue weighted by atomic mass is 19.4. The zero-order valence-electron chi connectivity index (χ0n) is 11.7. The summed E-state index contributed by atoms with van der Waals surface area (Å²) in [6, 6.07) is 7.92.